The highest BCUT2D eigenvalue weighted by atomic mass is 35.5. The average molecular weight is 345 g/mol. The largest absolute Gasteiger partial charge is 0.497 e. The number of hydrogen-bond acceptors (Lipinski definition) is 4. The third-order valence-corrected chi connectivity index (χ3v) is 4.91. The van der Waals surface area contributed by atoms with Crippen LogP contribution in [0.1, 0.15) is 15.2 Å². The molecule has 1 aromatic heterocycles. The van der Waals surface area contributed by atoms with Gasteiger partial charge < -0.3 is 4.74 Å². The molecule has 0 aliphatic carbocycles. The van der Waals surface area contributed by atoms with E-state index >= 15 is 0 Å². The monoisotopic (exact) mass is 344 g/mol. The summed E-state index contributed by atoms with van der Waals surface area (Å²) in [5, 5.41) is 5.31. The Labute approximate surface area is 142 Å². The first-order valence-electron chi connectivity index (χ1n) is 6.83. The maximum atomic E-state index is 12.2. The quantitative estimate of drug-likeness (QED) is 0.565. The van der Waals surface area contributed by atoms with Crippen molar-refractivity contribution in [3.63, 3.8) is 0 Å². The SMILES string of the molecule is COc1ccc(/C=N/NC(=O)c2sc3ccccc3c2Cl)cc1. The number of benzene rings is 2. The first kappa shape index (κ1) is 15.5. The summed E-state index contributed by atoms with van der Waals surface area (Å²) in [6.45, 7) is 0. The lowest BCUT2D eigenvalue weighted by Gasteiger charge is -1.99. The molecule has 0 spiro atoms. The number of carbonyl (C=O) groups is 1. The van der Waals surface area contributed by atoms with Crippen LogP contribution in [0, 0.1) is 0 Å². The Kier molecular flexibility index (Phi) is 4.60. The van der Waals surface area contributed by atoms with Crippen molar-refractivity contribution in [1.82, 2.24) is 5.43 Å². The van der Waals surface area contributed by atoms with Gasteiger partial charge in [0.1, 0.15) is 10.6 Å². The van der Waals surface area contributed by atoms with Crippen LogP contribution < -0.4 is 10.2 Å². The molecule has 3 rings (SSSR count). The van der Waals surface area contributed by atoms with Gasteiger partial charge in [-0.25, -0.2) is 5.43 Å². The van der Waals surface area contributed by atoms with Crippen molar-refractivity contribution in [2.75, 3.05) is 7.11 Å². The van der Waals surface area contributed by atoms with E-state index in [2.05, 4.69) is 10.5 Å². The van der Waals surface area contributed by atoms with Crippen molar-refractivity contribution in [2.45, 2.75) is 0 Å². The molecule has 6 heteroatoms. The molecule has 0 unspecified atom stereocenters. The third kappa shape index (κ3) is 3.36. The van der Waals surface area contributed by atoms with Crippen molar-refractivity contribution in [1.29, 1.82) is 0 Å². The molecule has 23 heavy (non-hydrogen) atoms. The molecule has 0 bridgehead atoms. The molecule has 3 aromatic rings. The number of hydrazone groups is 1. The van der Waals surface area contributed by atoms with Gasteiger partial charge in [0.05, 0.1) is 18.3 Å². The van der Waals surface area contributed by atoms with Crippen molar-refractivity contribution in [2.24, 2.45) is 5.10 Å². The predicted molar refractivity (Wildman–Crippen MR) is 94.9 cm³/mol. The molecule has 0 aliphatic heterocycles. The van der Waals surface area contributed by atoms with E-state index in [9.17, 15) is 4.79 Å². The van der Waals surface area contributed by atoms with E-state index in [0.29, 0.717) is 9.90 Å². The minimum Gasteiger partial charge on any atom is -0.497 e. The van der Waals surface area contributed by atoms with Crippen LogP contribution in [0.2, 0.25) is 5.02 Å². The van der Waals surface area contributed by atoms with E-state index in [1.807, 2.05) is 48.5 Å². The molecule has 0 saturated heterocycles. The van der Waals surface area contributed by atoms with Crippen LogP contribution in [-0.4, -0.2) is 19.2 Å². The molecule has 116 valence electrons. The van der Waals surface area contributed by atoms with Crippen molar-refractivity contribution >= 4 is 45.1 Å². The molecule has 0 radical (unpaired) electrons. The minimum atomic E-state index is -0.319. The number of halogens is 1. The number of rotatable bonds is 4. The summed E-state index contributed by atoms with van der Waals surface area (Å²) in [7, 11) is 1.61. The Balaban J connectivity index is 1.72. The van der Waals surface area contributed by atoms with Gasteiger partial charge >= 0.3 is 0 Å². The van der Waals surface area contributed by atoms with Crippen LogP contribution in [0.4, 0.5) is 0 Å². The third-order valence-electron chi connectivity index (χ3n) is 3.24. The van der Waals surface area contributed by atoms with E-state index in [4.69, 9.17) is 16.3 Å². The molecule has 1 amide bonds. The summed E-state index contributed by atoms with van der Waals surface area (Å²) >= 11 is 7.61. The van der Waals surface area contributed by atoms with Crippen LogP contribution >= 0.6 is 22.9 Å². The van der Waals surface area contributed by atoms with Gasteiger partial charge in [-0.2, -0.15) is 5.10 Å². The van der Waals surface area contributed by atoms with Gasteiger partial charge in [0.25, 0.3) is 5.91 Å². The Morgan fingerprint density at radius 1 is 1.22 bits per heavy atom. The van der Waals surface area contributed by atoms with Gasteiger partial charge in [0.2, 0.25) is 0 Å². The van der Waals surface area contributed by atoms with Gasteiger partial charge in [0.15, 0.2) is 0 Å². The summed E-state index contributed by atoms with van der Waals surface area (Å²) < 4.78 is 6.06. The fraction of sp³-hybridized carbons (Fsp3) is 0.0588. The normalized spacial score (nSPS) is 11.0. The molecule has 0 fully saturated rings. The minimum absolute atomic E-state index is 0.319. The maximum Gasteiger partial charge on any atom is 0.283 e. The highest BCUT2D eigenvalue weighted by Crippen LogP contribution is 2.34. The molecule has 0 saturated carbocycles. The predicted octanol–water partition coefficient (Wildman–Crippen LogP) is 4.33. The molecular weight excluding hydrogens is 332 g/mol. The van der Waals surface area contributed by atoms with Crippen LogP contribution in [-0.2, 0) is 0 Å². The number of nitrogens with one attached hydrogen (secondary N) is 1. The molecule has 1 N–H and O–H groups in total. The van der Waals surface area contributed by atoms with Crippen LogP contribution in [0.3, 0.4) is 0 Å². The van der Waals surface area contributed by atoms with E-state index in [-0.39, 0.29) is 5.91 Å². The van der Waals surface area contributed by atoms with Gasteiger partial charge in [-0.15, -0.1) is 11.3 Å². The smallest absolute Gasteiger partial charge is 0.283 e. The van der Waals surface area contributed by atoms with Gasteiger partial charge in [-0.1, -0.05) is 29.8 Å². The zero-order valence-electron chi connectivity index (χ0n) is 12.2. The Bertz CT molecular complexity index is 872. The second kappa shape index (κ2) is 6.81. The Hall–Kier alpha value is -2.37. The van der Waals surface area contributed by atoms with E-state index in [1.165, 1.54) is 11.3 Å². The van der Waals surface area contributed by atoms with E-state index < -0.39 is 0 Å². The second-order valence-corrected chi connectivity index (χ2v) is 6.14. The number of carbonyl (C=O) groups excluding carboxylic acids is 1. The van der Waals surface area contributed by atoms with E-state index in [0.717, 1.165) is 21.4 Å². The summed E-state index contributed by atoms with van der Waals surface area (Å²) in [6, 6.07) is 15.0. The lowest BCUT2D eigenvalue weighted by molar-refractivity contribution is 0.0959. The molecule has 1 heterocycles. The van der Waals surface area contributed by atoms with Gasteiger partial charge in [-0.05, 0) is 35.9 Å². The number of methoxy groups -OCH3 is 1. The topological polar surface area (TPSA) is 50.7 Å². The lowest BCUT2D eigenvalue weighted by atomic mass is 10.2. The summed E-state index contributed by atoms with van der Waals surface area (Å²) in [5.41, 5.74) is 3.36. The zero-order chi connectivity index (χ0) is 16.2. The maximum absolute atomic E-state index is 12.2. The molecule has 4 nitrogen and oxygen atoms in total. The summed E-state index contributed by atoms with van der Waals surface area (Å²) in [4.78, 5) is 12.7. The molecular formula is C17H13ClN2O2S. The Morgan fingerprint density at radius 2 is 1.96 bits per heavy atom. The number of thiophene rings is 1. The Morgan fingerprint density at radius 3 is 2.65 bits per heavy atom. The van der Waals surface area contributed by atoms with Gasteiger partial charge in [0, 0.05) is 10.1 Å². The molecule has 0 atom stereocenters. The zero-order valence-corrected chi connectivity index (χ0v) is 13.8. The molecule has 0 aliphatic rings. The molecule has 2 aromatic carbocycles. The van der Waals surface area contributed by atoms with E-state index in [1.54, 1.807) is 13.3 Å². The highest BCUT2D eigenvalue weighted by Gasteiger charge is 2.16. The van der Waals surface area contributed by atoms with Crippen molar-refractivity contribution < 1.29 is 9.53 Å². The van der Waals surface area contributed by atoms with Crippen LogP contribution in [0.25, 0.3) is 10.1 Å². The number of nitrogens with zero attached hydrogens (tertiary/aromatic N) is 1. The number of fused-ring (bicyclic) bond motifs is 1. The standard InChI is InChI=1S/C17H13ClN2O2S/c1-22-12-8-6-11(7-9-12)10-19-20-17(21)16-15(18)13-4-2-3-5-14(13)23-16/h2-10H,1H3,(H,20,21)/b19-10+. The van der Waals surface area contributed by atoms with Crippen LogP contribution in [0.5, 0.6) is 5.75 Å². The summed E-state index contributed by atoms with van der Waals surface area (Å²) in [5.74, 6) is 0.448. The first-order valence-corrected chi connectivity index (χ1v) is 8.03. The number of hydrogen-bond donors (Lipinski definition) is 1. The lowest BCUT2D eigenvalue weighted by Crippen LogP contribution is -2.16. The number of ether oxygens (including phenoxy) is 1. The van der Waals surface area contributed by atoms with Crippen molar-refractivity contribution in [3.05, 3.63) is 64.0 Å². The fourth-order valence-electron chi connectivity index (χ4n) is 2.07. The highest BCUT2D eigenvalue weighted by molar-refractivity contribution is 7.21. The first-order chi connectivity index (χ1) is 11.2. The summed E-state index contributed by atoms with van der Waals surface area (Å²) in [6.07, 6.45) is 1.57. The fourth-order valence-corrected chi connectivity index (χ4v) is 3.47. The van der Waals surface area contributed by atoms with Crippen molar-refractivity contribution in [3.8, 4) is 5.75 Å². The number of amides is 1. The van der Waals surface area contributed by atoms with Crippen LogP contribution in [0.15, 0.2) is 53.6 Å². The second-order valence-electron chi connectivity index (χ2n) is 4.71. The average Bonchev–Trinajstić information content (AvgIpc) is 2.93. The van der Waals surface area contributed by atoms with Gasteiger partial charge in [-0.3, -0.25) is 4.79 Å².